The van der Waals surface area contributed by atoms with E-state index in [9.17, 15) is 24.9 Å². The van der Waals surface area contributed by atoms with Crippen LogP contribution in [0.4, 0.5) is 0 Å². The number of aliphatic hydroxyl groups is 1. The van der Waals surface area contributed by atoms with E-state index in [1.165, 1.54) is 36.5 Å². The van der Waals surface area contributed by atoms with Crippen molar-refractivity contribution >= 4 is 17.8 Å². The van der Waals surface area contributed by atoms with Gasteiger partial charge < -0.3 is 34.3 Å². The Bertz CT molecular complexity index is 2010. The molecular formula is C46H56O9. The molecule has 0 saturated heterocycles. The average molecular weight is 753 g/mol. The molecule has 6 atom stereocenters. The summed E-state index contributed by atoms with van der Waals surface area (Å²) in [6.45, 7) is 11.8. The second kappa shape index (κ2) is 14.5. The van der Waals surface area contributed by atoms with Crippen molar-refractivity contribution in [1.82, 2.24) is 0 Å². The Morgan fingerprint density at radius 3 is 2.44 bits per heavy atom. The van der Waals surface area contributed by atoms with Crippen molar-refractivity contribution in [1.29, 1.82) is 0 Å². The van der Waals surface area contributed by atoms with Gasteiger partial charge in [0.1, 0.15) is 46.1 Å². The molecule has 5 aliphatic rings. The highest BCUT2D eigenvalue weighted by Gasteiger charge is 2.56. The SMILES string of the molecule is CCC(=O)OC1CCC2C3CCc4cc(O)ccc4C3CCC12C.COc1c(CC(=O)c2cc3c(cc2O)OC(C)(C)C(O)C3)ccc2c1C=CC(C)(C)O2. The summed E-state index contributed by atoms with van der Waals surface area (Å²) in [5.74, 6) is 3.69. The van der Waals surface area contributed by atoms with Crippen LogP contribution in [0.3, 0.4) is 0 Å². The minimum atomic E-state index is -0.758. The molecule has 9 heteroatoms. The zero-order valence-corrected chi connectivity index (χ0v) is 33.2. The lowest BCUT2D eigenvalue weighted by Gasteiger charge is -2.50. The first-order valence-corrected chi connectivity index (χ1v) is 19.9. The largest absolute Gasteiger partial charge is 0.508 e. The monoisotopic (exact) mass is 752 g/mol. The van der Waals surface area contributed by atoms with Crippen molar-refractivity contribution in [3.63, 3.8) is 0 Å². The van der Waals surface area contributed by atoms with Crippen molar-refractivity contribution < 1.29 is 43.9 Å². The molecule has 6 unspecified atom stereocenters. The summed E-state index contributed by atoms with van der Waals surface area (Å²) in [6, 6.07) is 12.7. The number of Topliss-reactive ketones (excluding diaryl/α,β-unsaturated/α-hetero) is 1. The lowest BCUT2D eigenvalue weighted by Crippen LogP contribution is -2.46. The highest BCUT2D eigenvalue weighted by atomic mass is 16.5. The van der Waals surface area contributed by atoms with E-state index in [1.807, 2.05) is 57.2 Å². The fraction of sp³-hybridized carbons (Fsp3) is 0.522. The van der Waals surface area contributed by atoms with Gasteiger partial charge in [-0.2, -0.15) is 0 Å². The quantitative estimate of drug-likeness (QED) is 0.167. The number of methoxy groups -OCH3 is 1. The van der Waals surface area contributed by atoms with Crippen LogP contribution in [-0.2, 0) is 28.8 Å². The second-order valence-corrected chi connectivity index (χ2v) is 17.5. The summed E-state index contributed by atoms with van der Waals surface area (Å²) in [5, 5.41) is 30.6. The fourth-order valence-corrected chi connectivity index (χ4v) is 9.98. The number of aryl methyl sites for hydroxylation is 1. The lowest BCUT2D eigenvalue weighted by molar-refractivity contribution is -0.157. The maximum absolute atomic E-state index is 13.1. The highest BCUT2D eigenvalue weighted by molar-refractivity contribution is 6.01. The number of esters is 1. The second-order valence-electron chi connectivity index (χ2n) is 17.5. The maximum Gasteiger partial charge on any atom is 0.305 e. The van der Waals surface area contributed by atoms with E-state index in [4.69, 9.17) is 18.9 Å². The van der Waals surface area contributed by atoms with Gasteiger partial charge >= 0.3 is 5.97 Å². The molecule has 3 N–H and O–H groups in total. The van der Waals surface area contributed by atoms with Crippen LogP contribution in [-0.4, -0.2) is 57.6 Å². The van der Waals surface area contributed by atoms with Crippen molar-refractivity contribution in [2.45, 2.75) is 129 Å². The number of phenolic OH excluding ortho intramolecular Hbond substituents is 2. The van der Waals surface area contributed by atoms with Gasteiger partial charge in [-0.05, 0) is 137 Å². The molecule has 2 saturated carbocycles. The number of ketones is 1. The lowest BCUT2D eigenvalue weighted by atomic mass is 9.55. The summed E-state index contributed by atoms with van der Waals surface area (Å²) < 4.78 is 23.2. The predicted molar refractivity (Wildman–Crippen MR) is 210 cm³/mol. The summed E-state index contributed by atoms with van der Waals surface area (Å²) in [6.07, 6.45) is 11.0. The zero-order chi connectivity index (χ0) is 39.4. The number of hydrogen-bond acceptors (Lipinski definition) is 9. The van der Waals surface area contributed by atoms with Gasteiger partial charge in [0, 0.05) is 36.3 Å². The van der Waals surface area contributed by atoms with Crippen molar-refractivity contribution in [3.8, 4) is 28.7 Å². The number of carbonyl (C=O) groups excluding carboxylic acids is 2. The van der Waals surface area contributed by atoms with E-state index in [1.54, 1.807) is 27.0 Å². The summed E-state index contributed by atoms with van der Waals surface area (Å²) in [7, 11) is 1.56. The molecular weight excluding hydrogens is 696 g/mol. The first-order chi connectivity index (χ1) is 26.0. The van der Waals surface area contributed by atoms with E-state index < -0.39 is 17.3 Å². The molecule has 2 fully saturated rings. The van der Waals surface area contributed by atoms with Crippen LogP contribution in [0.2, 0.25) is 0 Å². The van der Waals surface area contributed by atoms with Crippen molar-refractivity contribution in [2.75, 3.05) is 7.11 Å². The molecule has 2 aliphatic heterocycles. The number of ether oxygens (including phenoxy) is 4. The molecule has 3 aromatic rings. The molecule has 55 heavy (non-hydrogen) atoms. The number of fused-ring (bicyclic) bond motifs is 7. The van der Waals surface area contributed by atoms with Crippen LogP contribution in [0.15, 0.2) is 48.5 Å². The van der Waals surface area contributed by atoms with Gasteiger partial charge in [-0.3, -0.25) is 9.59 Å². The fourth-order valence-electron chi connectivity index (χ4n) is 9.98. The number of aromatic hydroxyl groups is 2. The molecule has 9 nitrogen and oxygen atoms in total. The molecule has 3 aliphatic carbocycles. The first kappa shape index (κ1) is 38.8. The summed E-state index contributed by atoms with van der Waals surface area (Å²) in [5.41, 5.74) is 4.17. The molecule has 0 bridgehead atoms. The molecule has 0 aromatic heterocycles. The molecule has 3 aromatic carbocycles. The Labute approximate surface area is 324 Å². The van der Waals surface area contributed by atoms with E-state index in [-0.39, 0.29) is 41.0 Å². The van der Waals surface area contributed by atoms with Gasteiger partial charge in [0.25, 0.3) is 0 Å². The van der Waals surface area contributed by atoms with E-state index in [0.717, 1.165) is 24.8 Å². The standard InChI is InChI=1S/C25H28O6.C21H28O3/c1-24(2)9-8-16-20(30-24)7-6-14(23(16)29-5)11-18(26)17-10-15-12-22(28)25(3,4)31-21(15)13-19(17)27;1-3-20(23)24-19-9-8-18-17-6-4-13-12-14(22)5-7-15(13)16(17)10-11-21(18,19)2/h6-10,13,22,27-28H,11-12H2,1-5H3;5,7,12,16-19,22H,3-4,6,8-11H2,1-2H3. The van der Waals surface area contributed by atoms with Crippen LogP contribution in [0.1, 0.15) is 124 Å². The molecule has 294 valence electrons. The minimum absolute atomic E-state index is 0.0477. The van der Waals surface area contributed by atoms with Gasteiger partial charge in [0.15, 0.2) is 5.78 Å². The van der Waals surface area contributed by atoms with Crippen molar-refractivity contribution in [2.24, 2.45) is 17.3 Å². The smallest absolute Gasteiger partial charge is 0.305 e. The Morgan fingerprint density at radius 2 is 1.69 bits per heavy atom. The zero-order valence-electron chi connectivity index (χ0n) is 33.2. The van der Waals surface area contributed by atoms with Gasteiger partial charge in [0.2, 0.25) is 0 Å². The third-order valence-electron chi connectivity index (χ3n) is 13.1. The predicted octanol–water partition coefficient (Wildman–Crippen LogP) is 8.65. The van der Waals surface area contributed by atoms with Crippen LogP contribution in [0.5, 0.6) is 28.7 Å². The molecule has 8 rings (SSSR count). The number of aliphatic hydroxyl groups excluding tert-OH is 1. The number of rotatable bonds is 6. The molecule has 0 spiro atoms. The van der Waals surface area contributed by atoms with E-state index >= 15 is 0 Å². The molecule has 2 heterocycles. The van der Waals surface area contributed by atoms with Gasteiger partial charge in [-0.1, -0.05) is 26.0 Å². The number of carbonyl (C=O) groups is 2. The number of phenols is 2. The van der Waals surface area contributed by atoms with Gasteiger partial charge in [0.05, 0.1) is 24.3 Å². The Morgan fingerprint density at radius 1 is 0.909 bits per heavy atom. The average Bonchev–Trinajstić information content (AvgIpc) is 3.47. The van der Waals surface area contributed by atoms with Gasteiger partial charge in [-0.25, -0.2) is 0 Å². The third kappa shape index (κ3) is 7.32. The maximum atomic E-state index is 13.1. The van der Waals surface area contributed by atoms with E-state index in [0.29, 0.717) is 64.7 Å². The molecule has 0 amide bonds. The topological polar surface area (TPSA) is 132 Å². The first-order valence-electron chi connectivity index (χ1n) is 19.9. The Hall–Kier alpha value is -4.50. The van der Waals surface area contributed by atoms with E-state index in [2.05, 4.69) is 13.0 Å². The van der Waals surface area contributed by atoms with Gasteiger partial charge in [-0.15, -0.1) is 0 Å². The highest BCUT2D eigenvalue weighted by Crippen LogP contribution is 2.61. The minimum Gasteiger partial charge on any atom is -0.508 e. The Kier molecular flexibility index (Phi) is 10.2. The van der Waals surface area contributed by atoms with Crippen LogP contribution < -0.4 is 14.2 Å². The third-order valence-corrected chi connectivity index (χ3v) is 13.1. The summed E-state index contributed by atoms with van der Waals surface area (Å²) in [4.78, 5) is 24.9. The van der Waals surface area contributed by atoms with Crippen LogP contribution in [0.25, 0.3) is 6.08 Å². The van der Waals surface area contributed by atoms with Crippen LogP contribution >= 0.6 is 0 Å². The van der Waals surface area contributed by atoms with Crippen molar-refractivity contribution in [3.05, 3.63) is 81.9 Å². The number of benzene rings is 3. The van der Waals surface area contributed by atoms with Crippen LogP contribution in [0, 0.1) is 17.3 Å². The Balaban J connectivity index is 0.000000174. The normalized spacial score (nSPS) is 27.6. The number of hydrogen-bond donors (Lipinski definition) is 3. The molecule has 0 radical (unpaired) electrons. The summed E-state index contributed by atoms with van der Waals surface area (Å²) >= 11 is 0.